The first-order chi connectivity index (χ1) is 7.33. The summed E-state index contributed by atoms with van der Waals surface area (Å²) in [6.45, 7) is 1.58. The van der Waals surface area contributed by atoms with Gasteiger partial charge >= 0.3 is 0 Å². The number of hydrazine groups is 1. The minimum Gasteiger partial charge on any atom is -0.384 e. The molecule has 6 N–H and O–H groups in total. The molecule has 1 aliphatic heterocycles. The summed E-state index contributed by atoms with van der Waals surface area (Å²) in [5.74, 6) is 6.62. The molecule has 1 aromatic heterocycles. The van der Waals surface area contributed by atoms with E-state index in [2.05, 4.69) is 15.6 Å². The first-order valence-corrected chi connectivity index (χ1v) is 5.15. The molecule has 6 heteroatoms. The van der Waals surface area contributed by atoms with Crippen molar-refractivity contribution in [1.82, 2.24) is 15.6 Å². The number of H-pyrrole nitrogens is 1. The SMILES string of the molecule is NNC(c1cn[nH]c1N)C1CCOCC1. The molecule has 1 saturated heterocycles. The average Bonchev–Trinajstić information content (AvgIpc) is 2.68. The van der Waals surface area contributed by atoms with Crippen molar-refractivity contribution in [3.05, 3.63) is 11.8 Å². The zero-order valence-corrected chi connectivity index (χ0v) is 8.57. The molecule has 84 valence electrons. The number of nitrogen functional groups attached to an aromatic ring is 1. The van der Waals surface area contributed by atoms with Crippen molar-refractivity contribution in [2.45, 2.75) is 18.9 Å². The highest BCUT2D eigenvalue weighted by Crippen LogP contribution is 2.31. The van der Waals surface area contributed by atoms with Gasteiger partial charge in [0.25, 0.3) is 0 Å². The van der Waals surface area contributed by atoms with Crippen LogP contribution in [0.3, 0.4) is 0 Å². The molecule has 15 heavy (non-hydrogen) atoms. The van der Waals surface area contributed by atoms with Crippen molar-refractivity contribution < 1.29 is 4.74 Å². The van der Waals surface area contributed by atoms with Gasteiger partial charge < -0.3 is 10.5 Å². The number of hydrogen-bond acceptors (Lipinski definition) is 5. The highest BCUT2D eigenvalue weighted by atomic mass is 16.5. The number of hydrogen-bond donors (Lipinski definition) is 4. The van der Waals surface area contributed by atoms with E-state index in [1.165, 1.54) is 0 Å². The molecule has 0 aliphatic carbocycles. The quantitative estimate of drug-likeness (QED) is 0.414. The largest absolute Gasteiger partial charge is 0.384 e. The second-order valence-corrected chi connectivity index (χ2v) is 3.83. The number of rotatable bonds is 3. The number of aromatic amines is 1. The van der Waals surface area contributed by atoms with Gasteiger partial charge in [0, 0.05) is 18.8 Å². The van der Waals surface area contributed by atoms with E-state index in [0.717, 1.165) is 31.6 Å². The normalized spacial score (nSPS) is 20.3. The topological polar surface area (TPSA) is 102 Å². The molecule has 0 aromatic carbocycles. The zero-order chi connectivity index (χ0) is 10.7. The molecule has 1 aromatic rings. The Labute approximate surface area is 88.3 Å². The van der Waals surface area contributed by atoms with E-state index in [1.807, 2.05) is 0 Å². The van der Waals surface area contributed by atoms with Crippen LogP contribution in [0, 0.1) is 5.92 Å². The Morgan fingerprint density at radius 3 is 2.80 bits per heavy atom. The number of nitrogens with zero attached hydrogens (tertiary/aromatic N) is 1. The molecule has 2 heterocycles. The first kappa shape index (κ1) is 10.4. The zero-order valence-electron chi connectivity index (χ0n) is 8.57. The Kier molecular flexibility index (Phi) is 3.20. The van der Waals surface area contributed by atoms with E-state index >= 15 is 0 Å². The van der Waals surface area contributed by atoms with Crippen LogP contribution in [-0.2, 0) is 4.74 Å². The van der Waals surface area contributed by atoms with Gasteiger partial charge in [0.2, 0.25) is 0 Å². The summed E-state index contributed by atoms with van der Waals surface area (Å²) in [6.07, 6.45) is 3.73. The van der Waals surface area contributed by atoms with Gasteiger partial charge in [-0.1, -0.05) is 0 Å². The number of ether oxygens (including phenoxy) is 1. The smallest absolute Gasteiger partial charge is 0.123 e. The molecule has 1 atom stereocenters. The van der Waals surface area contributed by atoms with Crippen molar-refractivity contribution in [2.75, 3.05) is 18.9 Å². The molecule has 2 rings (SSSR count). The molecule has 6 nitrogen and oxygen atoms in total. The number of anilines is 1. The van der Waals surface area contributed by atoms with Gasteiger partial charge in [0.15, 0.2) is 0 Å². The second kappa shape index (κ2) is 4.61. The van der Waals surface area contributed by atoms with Crippen LogP contribution in [0.2, 0.25) is 0 Å². The van der Waals surface area contributed by atoms with Crippen molar-refractivity contribution in [3.8, 4) is 0 Å². The summed E-state index contributed by atoms with van der Waals surface area (Å²) < 4.78 is 5.32. The Bertz CT molecular complexity index is 307. The van der Waals surface area contributed by atoms with Crippen LogP contribution in [0.4, 0.5) is 5.82 Å². The van der Waals surface area contributed by atoms with Crippen LogP contribution in [0.15, 0.2) is 6.20 Å². The number of aromatic nitrogens is 2. The maximum Gasteiger partial charge on any atom is 0.123 e. The fraction of sp³-hybridized carbons (Fsp3) is 0.667. The summed E-state index contributed by atoms with van der Waals surface area (Å²) >= 11 is 0. The van der Waals surface area contributed by atoms with Crippen LogP contribution in [-0.4, -0.2) is 23.4 Å². The monoisotopic (exact) mass is 211 g/mol. The summed E-state index contributed by atoms with van der Waals surface area (Å²) in [6, 6.07) is 0.0626. The highest BCUT2D eigenvalue weighted by molar-refractivity contribution is 5.39. The van der Waals surface area contributed by atoms with Gasteiger partial charge in [-0.2, -0.15) is 5.10 Å². The lowest BCUT2D eigenvalue weighted by Gasteiger charge is -2.29. The fourth-order valence-corrected chi connectivity index (χ4v) is 2.08. The lowest BCUT2D eigenvalue weighted by molar-refractivity contribution is 0.0537. The summed E-state index contributed by atoms with van der Waals surface area (Å²) in [5.41, 5.74) is 9.55. The Balaban J connectivity index is 2.12. The molecular formula is C9H17N5O. The van der Waals surface area contributed by atoms with Crippen molar-refractivity contribution in [1.29, 1.82) is 0 Å². The maximum absolute atomic E-state index is 5.78. The molecule has 0 bridgehead atoms. The van der Waals surface area contributed by atoms with Crippen molar-refractivity contribution >= 4 is 5.82 Å². The maximum atomic E-state index is 5.78. The van der Waals surface area contributed by atoms with Gasteiger partial charge in [-0.3, -0.25) is 16.4 Å². The van der Waals surface area contributed by atoms with Crippen molar-refractivity contribution in [3.63, 3.8) is 0 Å². The summed E-state index contributed by atoms with van der Waals surface area (Å²) in [4.78, 5) is 0. The predicted molar refractivity (Wildman–Crippen MR) is 56.6 cm³/mol. The van der Waals surface area contributed by atoms with E-state index in [1.54, 1.807) is 6.20 Å². The van der Waals surface area contributed by atoms with E-state index in [-0.39, 0.29) is 6.04 Å². The summed E-state index contributed by atoms with van der Waals surface area (Å²) in [5, 5.41) is 6.63. The third kappa shape index (κ3) is 2.11. The minimum atomic E-state index is 0.0626. The van der Waals surface area contributed by atoms with Gasteiger partial charge in [-0.15, -0.1) is 0 Å². The average molecular weight is 211 g/mol. The highest BCUT2D eigenvalue weighted by Gasteiger charge is 2.26. The number of nitrogens with two attached hydrogens (primary N) is 2. The Morgan fingerprint density at radius 1 is 1.53 bits per heavy atom. The molecule has 1 fully saturated rings. The third-order valence-electron chi connectivity index (χ3n) is 2.95. The van der Waals surface area contributed by atoms with Crippen molar-refractivity contribution in [2.24, 2.45) is 11.8 Å². The van der Waals surface area contributed by atoms with Gasteiger partial charge in [-0.05, 0) is 18.8 Å². The lowest BCUT2D eigenvalue weighted by Crippen LogP contribution is -2.36. The molecule has 0 saturated carbocycles. The Hall–Kier alpha value is -1.11. The van der Waals surface area contributed by atoms with Crippen LogP contribution < -0.4 is 17.0 Å². The predicted octanol–water partition coefficient (Wildman–Crippen LogP) is -0.0771. The van der Waals surface area contributed by atoms with E-state index in [4.69, 9.17) is 16.3 Å². The molecule has 0 amide bonds. The first-order valence-electron chi connectivity index (χ1n) is 5.15. The molecule has 0 radical (unpaired) electrons. The Morgan fingerprint density at radius 2 is 2.27 bits per heavy atom. The fourth-order valence-electron chi connectivity index (χ4n) is 2.08. The van der Waals surface area contributed by atoms with Gasteiger partial charge in [0.1, 0.15) is 5.82 Å². The minimum absolute atomic E-state index is 0.0626. The number of nitrogens with one attached hydrogen (secondary N) is 2. The van der Waals surface area contributed by atoms with Crippen LogP contribution in [0.1, 0.15) is 24.4 Å². The molecule has 0 spiro atoms. The van der Waals surface area contributed by atoms with Crippen LogP contribution in [0.5, 0.6) is 0 Å². The van der Waals surface area contributed by atoms with Gasteiger partial charge in [0.05, 0.1) is 12.2 Å². The van der Waals surface area contributed by atoms with E-state index < -0.39 is 0 Å². The van der Waals surface area contributed by atoms with Crippen LogP contribution >= 0.6 is 0 Å². The summed E-state index contributed by atoms with van der Waals surface area (Å²) in [7, 11) is 0. The van der Waals surface area contributed by atoms with E-state index in [0.29, 0.717) is 11.7 Å². The van der Waals surface area contributed by atoms with Gasteiger partial charge in [-0.25, -0.2) is 0 Å². The lowest BCUT2D eigenvalue weighted by atomic mass is 9.88. The van der Waals surface area contributed by atoms with E-state index in [9.17, 15) is 0 Å². The van der Waals surface area contributed by atoms with Crippen LogP contribution in [0.25, 0.3) is 0 Å². The molecule has 1 aliphatic rings. The standard InChI is InChI=1S/C9H17N5O/c10-9-7(5-12-14-9)8(13-11)6-1-3-15-4-2-6/h5-6,8,13H,1-4,11H2,(H3,10,12,14). The molecular weight excluding hydrogens is 194 g/mol. The second-order valence-electron chi connectivity index (χ2n) is 3.83. The molecule has 1 unspecified atom stereocenters. The third-order valence-corrected chi connectivity index (χ3v) is 2.95.